The van der Waals surface area contributed by atoms with Gasteiger partial charge in [0.2, 0.25) is 5.91 Å². The summed E-state index contributed by atoms with van der Waals surface area (Å²) >= 11 is 0. The highest BCUT2D eigenvalue weighted by molar-refractivity contribution is 6.39. The SMILES string of the molecule is COc1ccc(C(CNC(=O)C(=O)Nc2cc3c4c(c2)CCN4C(=O)CC3)N2CCOCC2)cc1. The van der Waals surface area contributed by atoms with E-state index in [1.807, 2.05) is 41.3 Å². The maximum Gasteiger partial charge on any atom is 0.313 e. The van der Waals surface area contributed by atoms with Crippen LogP contribution in [0.15, 0.2) is 36.4 Å². The van der Waals surface area contributed by atoms with Crippen molar-refractivity contribution in [3.8, 4) is 5.75 Å². The van der Waals surface area contributed by atoms with E-state index < -0.39 is 11.8 Å². The molecule has 35 heavy (non-hydrogen) atoms. The fourth-order valence-electron chi connectivity index (χ4n) is 5.16. The molecule has 2 aromatic carbocycles. The van der Waals surface area contributed by atoms with Crippen LogP contribution in [0.5, 0.6) is 5.75 Å². The van der Waals surface area contributed by atoms with E-state index in [1.165, 1.54) is 0 Å². The van der Waals surface area contributed by atoms with Crippen LogP contribution in [0, 0.1) is 0 Å². The summed E-state index contributed by atoms with van der Waals surface area (Å²) in [5, 5.41) is 5.56. The Balaban J connectivity index is 1.25. The molecule has 0 bridgehead atoms. The molecule has 0 radical (unpaired) electrons. The Morgan fingerprint density at radius 2 is 1.71 bits per heavy atom. The highest BCUT2D eigenvalue weighted by Gasteiger charge is 2.32. The number of nitrogens with one attached hydrogen (secondary N) is 2. The number of aryl methyl sites for hydroxylation is 1. The molecule has 1 atom stereocenters. The zero-order valence-corrected chi connectivity index (χ0v) is 19.8. The number of ether oxygens (including phenoxy) is 2. The number of nitrogens with zero attached hydrogens (tertiary/aromatic N) is 2. The summed E-state index contributed by atoms with van der Waals surface area (Å²) in [5.41, 5.74) is 4.69. The first kappa shape index (κ1) is 23.3. The molecule has 1 saturated heterocycles. The van der Waals surface area contributed by atoms with Crippen molar-refractivity contribution in [1.82, 2.24) is 10.2 Å². The predicted octanol–water partition coefficient (Wildman–Crippen LogP) is 1.66. The number of morpholine rings is 1. The number of carbonyl (C=O) groups is 3. The molecule has 2 N–H and O–H groups in total. The molecule has 1 unspecified atom stereocenters. The van der Waals surface area contributed by atoms with Crippen molar-refractivity contribution in [3.63, 3.8) is 0 Å². The minimum absolute atomic E-state index is 0.0884. The van der Waals surface area contributed by atoms with E-state index in [4.69, 9.17) is 9.47 Å². The lowest BCUT2D eigenvalue weighted by molar-refractivity contribution is -0.136. The zero-order chi connectivity index (χ0) is 24.4. The Morgan fingerprint density at radius 1 is 1.00 bits per heavy atom. The van der Waals surface area contributed by atoms with E-state index in [0.717, 1.165) is 47.6 Å². The summed E-state index contributed by atoms with van der Waals surface area (Å²) in [5.74, 6) is -0.463. The van der Waals surface area contributed by atoms with E-state index in [-0.39, 0.29) is 11.9 Å². The Bertz CT molecular complexity index is 1130. The monoisotopic (exact) mass is 478 g/mol. The maximum atomic E-state index is 12.7. The van der Waals surface area contributed by atoms with Crippen molar-refractivity contribution < 1.29 is 23.9 Å². The molecule has 0 aliphatic carbocycles. The lowest BCUT2D eigenvalue weighted by atomic mass is 9.98. The topological polar surface area (TPSA) is 100 Å². The van der Waals surface area contributed by atoms with Gasteiger partial charge in [0.15, 0.2) is 0 Å². The van der Waals surface area contributed by atoms with Gasteiger partial charge in [-0.3, -0.25) is 19.3 Å². The third-order valence-corrected chi connectivity index (χ3v) is 6.96. The van der Waals surface area contributed by atoms with Crippen molar-refractivity contribution in [3.05, 3.63) is 53.1 Å². The predicted molar refractivity (Wildman–Crippen MR) is 131 cm³/mol. The molecular weight excluding hydrogens is 448 g/mol. The lowest BCUT2D eigenvalue weighted by Gasteiger charge is -2.35. The quantitative estimate of drug-likeness (QED) is 0.613. The third kappa shape index (κ3) is 4.87. The number of carbonyl (C=O) groups excluding carboxylic acids is 3. The third-order valence-electron chi connectivity index (χ3n) is 6.96. The summed E-state index contributed by atoms with van der Waals surface area (Å²) in [4.78, 5) is 41.7. The van der Waals surface area contributed by atoms with E-state index >= 15 is 0 Å². The molecule has 0 spiro atoms. The molecular formula is C26H30N4O5. The van der Waals surface area contributed by atoms with Gasteiger partial charge < -0.3 is 25.0 Å². The number of benzene rings is 2. The van der Waals surface area contributed by atoms with Gasteiger partial charge in [0, 0.05) is 38.3 Å². The van der Waals surface area contributed by atoms with E-state index in [2.05, 4.69) is 15.5 Å². The summed E-state index contributed by atoms with van der Waals surface area (Å²) in [6.07, 6.45) is 1.88. The lowest BCUT2D eigenvalue weighted by Crippen LogP contribution is -2.45. The summed E-state index contributed by atoms with van der Waals surface area (Å²) in [6.45, 7) is 3.72. The van der Waals surface area contributed by atoms with Crippen molar-refractivity contribution in [1.29, 1.82) is 0 Å². The second kappa shape index (κ2) is 10.1. The van der Waals surface area contributed by atoms with Gasteiger partial charge in [-0.25, -0.2) is 0 Å². The average molecular weight is 479 g/mol. The molecule has 0 saturated carbocycles. The van der Waals surface area contributed by atoms with Crippen LogP contribution >= 0.6 is 0 Å². The minimum Gasteiger partial charge on any atom is -0.497 e. The number of hydrogen-bond acceptors (Lipinski definition) is 6. The fourth-order valence-corrected chi connectivity index (χ4v) is 5.16. The first-order chi connectivity index (χ1) is 17.0. The van der Waals surface area contributed by atoms with Gasteiger partial charge in [-0.05, 0) is 53.8 Å². The van der Waals surface area contributed by atoms with Crippen LogP contribution in [-0.2, 0) is 32.0 Å². The molecule has 0 aromatic heterocycles. The highest BCUT2D eigenvalue weighted by Crippen LogP contribution is 2.38. The van der Waals surface area contributed by atoms with E-state index in [1.54, 1.807) is 7.11 Å². The maximum absolute atomic E-state index is 12.7. The molecule has 3 amide bonds. The normalized spacial score (nSPS) is 18.1. The van der Waals surface area contributed by atoms with Crippen LogP contribution in [0.25, 0.3) is 0 Å². The van der Waals surface area contributed by atoms with Crippen molar-refractivity contribution in [2.75, 3.05) is 56.7 Å². The largest absolute Gasteiger partial charge is 0.497 e. The number of amides is 3. The van der Waals surface area contributed by atoms with Gasteiger partial charge in [0.05, 0.1) is 32.1 Å². The standard InChI is InChI=1S/C26H30N4O5/c1-34-21-5-2-17(3-6-21)22(29-10-12-35-13-11-29)16-27-25(32)26(33)28-20-14-18-4-7-23(31)30-9-8-19(15-20)24(18)30/h2-3,5-6,14-15,22H,4,7-13,16H2,1H3,(H,27,32)(H,28,33). The molecule has 1 fully saturated rings. The smallest absolute Gasteiger partial charge is 0.313 e. The van der Waals surface area contributed by atoms with Gasteiger partial charge in [-0.2, -0.15) is 0 Å². The second-order valence-electron chi connectivity index (χ2n) is 9.04. The van der Waals surface area contributed by atoms with Crippen LogP contribution in [0.1, 0.15) is 29.2 Å². The molecule has 2 aromatic rings. The van der Waals surface area contributed by atoms with Crippen LogP contribution in [0.2, 0.25) is 0 Å². The first-order valence-corrected chi connectivity index (χ1v) is 12.0. The number of hydrogen-bond donors (Lipinski definition) is 2. The van der Waals surface area contributed by atoms with E-state index in [9.17, 15) is 14.4 Å². The summed E-state index contributed by atoms with van der Waals surface area (Å²) in [6, 6.07) is 11.4. The first-order valence-electron chi connectivity index (χ1n) is 12.0. The molecule has 9 nitrogen and oxygen atoms in total. The van der Waals surface area contributed by atoms with Gasteiger partial charge in [0.1, 0.15) is 5.75 Å². The second-order valence-corrected chi connectivity index (χ2v) is 9.04. The molecule has 5 rings (SSSR count). The fraction of sp³-hybridized carbons (Fsp3) is 0.423. The van der Waals surface area contributed by atoms with Gasteiger partial charge in [0.25, 0.3) is 0 Å². The van der Waals surface area contributed by atoms with Gasteiger partial charge >= 0.3 is 11.8 Å². The van der Waals surface area contributed by atoms with Crippen molar-refractivity contribution in [2.24, 2.45) is 0 Å². The summed E-state index contributed by atoms with van der Waals surface area (Å²) in [7, 11) is 1.62. The Hall–Kier alpha value is -3.43. The molecule has 184 valence electrons. The van der Waals surface area contributed by atoms with Crippen molar-refractivity contribution >= 4 is 29.1 Å². The molecule has 3 aliphatic heterocycles. The minimum atomic E-state index is -0.700. The molecule has 3 heterocycles. The number of rotatable bonds is 6. The summed E-state index contributed by atoms with van der Waals surface area (Å²) < 4.78 is 10.7. The molecule has 9 heteroatoms. The average Bonchev–Trinajstić information content (AvgIpc) is 3.32. The van der Waals surface area contributed by atoms with Crippen LogP contribution in [0.3, 0.4) is 0 Å². The highest BCUT2D eigenvalue weighted by atomic mass is 16.5. The van der Waals surface area contributed by atoms with Crippen LogP contribution in [0.4, 0.5) is 11.4 Å². The molecule has 3 aliphatic rings. The number of methoxy groups -OCH3 is 1. The van der Waals surface area contributed by atoms with Crippen LogP contribution in [-0.4, -0.2) is 69.1 Å². The number of anilines is 2. The Kier molecular flexibility index (Phi) is 6.70. The zero-order valence-electron chi connectivity index (χ0n) is 19.8. The Labute approximate surface area is 204 Å². The van der Waals surface area contributed by atoms with Gasteiger partial charge in [-0.1, -0.05) is 12.1 Å². The van der Waals surface area contributed by atoms with Crippen molar-refractivity contribution in [2.45, 2.75) is 25.3 Å². The van der Waals surface area contributed by atoms with E-state index in [0.29, 0.717) is 44.8 Å². The Morgan fingerprint density at radius 3 is 2.43 bits per heavy atom. The van der Waals surface area contributed by atoms with Crippen LogP contribution < -0.4 is 20.3 Å². The van der Waals surface area contributed by atoms with Gasteiger partial charge in [-0.15, -0.1) is 0 Å².